The Hall–Kier alpha value is -1.75. The third-order valence-electron chi connectivity index (χ3n) is 2.92. The number of aromatic amines is 1. The molecule has 94 valence electrons. The van der Waals surface area contributed by atoms with Crippen LogP contribution in [0.3, 0.4) is 0 Å². The number of hydrogen-bond acceptors (Lipinski definition) is 3. The number of rotatable bonds is 2. The molecule has 2 rings (SSSR count). The molecular formula is C13H13FN2OS. The SMILES string of the molecule is COc1c(-c2[nH]c(=S)ncc2F)ccc(C)c1C. The van der Waals surface area contributed by atoms with Crippen molar-refractivity contribution in [2.45, 2.75) is 13.8 Å². The van der Waals surface area contributed by atoms with Crippen LogP contribution in [0.4, 0.5) is 4.39 Å². The van der Waals surface area contributed by atoms with E-state index >= 15 is 0 Å². The van der Waals surface area contributed by atoms with Gasteiger partial charge in [-0.25, -0.2) is 9.37 Å². The fourth-order valence-electron chi connectivity index (χ4n) is 1.82. The Kier molecular flexibility index (Phi) is 3.43. The molecule has 0 aliphatic heterocycles. The molecule has 0 spiro atoms. The van der Waals surface area contributed by atoms with Crippen LogP contribution in [0.1, 0.15) is 11.1 Å². The summed E-state index contributed by atoms with van der Waals surface area (Å²) < 4.78 is 19.4. The lowest BCUT2D eigenvalue weighted by Crippen LogP contribution is -1.98. The number of aromatic nitrogens is 2. The molecule has 0 aliphatic rings. The molecule has 1 heterocycles. The Labute approximate surface area is 110 Å². The zero-order valence-corrected chi connectivity index (χ0v) is 11.2. The van der Waals surface area contributed by atoms with Gasteiger partial charge in [0.2, 0.25) is 0 Å². The van der Waals surface area contributed by atoms with Gasteiger partial charge >= 0.3 is 0 Å². The molecule has 0 aliphatic carbocycles. The number of benzene rings is 1. The minimum absolute atomic E-state index is 0.242. The summed E-state index contributed by atoms with van der Waals surface area (Å²) in [6.45, 7) is 3.91. The molecule has 2 aromatic rings. The van der Waals surface area contributed by atoms with Crippen LogP contribution in [0.25, 0.3) is 11.3 Å². The maximum atomic E-state index is 13.8. The number of halogens is 1. The lowest BCUT2D eigenvalue weighted by atomic mass is 10.0. The first-order chi connectivity index (χ1) is 8.54. The normalized spacial score (nSPS) is 10.4. The van der Waals surface area contributed by atoms with Crippen molar-refractivity contribution in [2.24, 2.45) is 0 Å². The van der Waals surface area contributed by atoms with Gasteiger partial charge in [0.1, 0.15) is 5.75 Å². The lowest BCUT2D eigenvalue weighted by molar-refractivity contribution is 0.412. The van der Waals surface area contributed by atoms with Crippen molar-refractivity contribution in [3.63, 3.8) is 0 Å². The lowest BCUT2D eigenvalue weighted by Gasteiger charge is -2.13. The number of nitrogens with zero attached hydrogens (tertiary/aromatic N) is 1. The number of nitrogens with one attached hydrogen (secondary N) is 1. The van der Waals surface area contributed by atoms with Crippen molar-refractivity contribution >= 4 is 12.2 Å². The highest BCUT2D eigenvalue weighted by atomic mass is 32.1. The Morgan fingerprint density at radius 2 is 2.06 bits per heavy atom. The van der Waals surface area contributed by atoms with Crippen LogP contribution in [0, 0.1) is 24.4 Å². The Morgan fingerprint density at radius 3 is 2.72 bits per heavy atom. The molecule has 0 fully saturated rings. The maximum Gasteiger partial charge on any atom is 0.197 e. The van der Waals surface area contributed by atoms with Gasteiger partial charge in [0.05, 0.1) is 19.0 Å². The van der Waals surface area contributed by atoms with E-state index in [9.17, 15) is 4.39 Å². The molecular weight excluding hydrogens is 251 g/mol. The Morgan fingerprint density at radius 1 is 1.33 bits per heavy atom. The molecule has 0 radical (unpaired) electrons. The smallest absolute Gasteiger partial charge is 0.197 e. The largest absolute Gasteiger partial charge is 0.496 e. The van der Waals surface area contributed by atoms with E-state index in [4.69, 9.17) is 17.0 Å². The number of methoxy groups -OCH3 is 1. The Balaban J connectivity index is 2.75. The van der Waals surface area contributed by atoms with Crippen LogP contribution < -0.4 is 4.74 Å². The van der Waals surface area contributed by atoms with E-state index in [1.54, 1.807) is 7.11 Å². The van der Waals surface area contributed by atoms with Gasteiger partial charge in [0.25, 0.3) is 0 Å². The second-order valence-corrected chi connectivity index (χ2v) is 4.39. The van der Waals surface area contributed by atoms with Gasteiger partial charge in [0.15, 0.2) is 10.6 Å². The van der Waals surface area contributed by atoms with Crippen molar-refractivity contribution in [2.75, 3.05) is 7.11 Å². The molecule has 0 bridgehead atoms. The van der Waals surface area contributed by atoms with Crippen LogP contribution >= 0.6 is 12.2 Å². The van der Waals surface area contributed by atoms with Gasteiger partial charge in [-0.1, -0.05) is 6.07 Å². The minimum atomic E-state index is -0.454. The minimum Gasteiger partial charge on any atom is -0.496 e. The predicted molar refractivity (Wildman–Crippen MR) is 70.8 cm³/mol. The third kappa shape index (κ3) is 2.13. The molecule has 1 aromatic carbocycles. The summed E-state index contributed by atoms with van der Waals surface area (Å²) in [5, 5.41) is 0. The van der Waals surface area contributed by atoms with Gasteiger partial charge in [-0.2, -0.15) is 0 Å². The summed E-state index contributed by atoms with van der Waals surface area (Å²) in [5.74, 6) is 0.191. The first-order valence-electron chi connectivity index (χ1n) is 5.44. The second-order valence-electron chi connectivity index (χ2n) is 4.00. The molecule has 0 atom stereocenters. The van der Waals surface area contributed by atoms with Crippen molar-refractivity contribution in [3.8, 4) is 17.0 Å². The number of aryl methyl sites for hydroxylation is 1. The van der Waals surface area contributed by atoms with Gasteiger partial charge in [0, 0.05) is 5.56 Å². The van der Waals surface area contributed by atoms with Crippen molar-refractivity contribution in [1.82, 2.24) is 9.97 Å². The molecule has 1 N–H and O–H groups in total. The number of H-pyrrole nitrogens is 1. The quantitative estimate of drug-likeness (QED) is 0.843. The van der Waals surface area contributed by atoms with Crippen LogP contribution in [0.2, 0.25) is 0 Å². The highest BCUT2D eigenvalue weighted by molar-refractivity contribution is 7.71. The molecule has 1 aromatic heterocycles. The maximum absolute atomic E-state index is 13.8. The fraction of sp³-hybridized carbons (Fsp3) is 0.231. The molecule has 5 heteroatoms. The van der Waals surface area contributed by atoms with E-state index in [0.717, 1.165) is 17.3 Å². The van der Waals surface area contributed by atoms with Crippen molar-refractivity contribution < 1.29 is 9.13 Å². The fourth-order valence-corrected chi connectivity index (χ4v) is 1.98. The van der Waals surface area contributed by atoms with Crippen LogP contribution in [0.15, 0.2) is 18.3 Å². The molecule has 18 heavy (non-hydrogen) atoms. The molecule has 3 nitrogen and oxygen atoms in total. The number of ether oxygens (including phenoxy) is 1. The summed E-state index contributed by atoms with van der Waals surface area (Å²) in [6, 6.07) is 3.73. The topological polar surface area (TPSA) is 37.9 Å². The van der Waals surface area contributed by atoms with Crippen molar-refractivity contribution in [3.05, 3.63) is 40.0 Å². The molecule has 0 unspecified atom stereocenters. The van der Waals surface area contributed by atoms with Gasteiger partial charge in [-0.15, -0.1) is 0 Å². The van der Waals surface area contributed by atoms with E-state index in [1.165, 1.54) is 0 Å². The van der Waals surface area contributed by atoms with E-state index in [-0.39, 0.29) is 4.77 Å². The zero-order chi connectivity index (χ0) is 13.3. The van der Waals surface area contributed by atoms with Gasteiger partial charge in [-0.05, 0) is 43.3 Å². The van der Waals surface area contributed by atoms with Gasteiger partial charge < -0.3 is 9.72 Å². The van der Waals surface area contributed by atoms with E-state index in [0.29, 0.717) is 17.0 Å². The average molecular weight is 264 g/mol. The van der Waals surface area contributed by atoms with Crippen LogP contribution in [0.5, 0.6) is 5.75 Å². The molecule has 0 saturated heterocycles. The highest BCUT2D eigenvalue weighted by Gasteiger charge is 2.14. The van der Waals surface area contributed by atoms with Gasteiger partial charge in [-0.3, -0.25) is 0 Å². The first-order valence-corrected chi connectivity index (χ1v) is 5.84. The molecule has 0 saturated carbocycles. The predicted octanol–water partition coefficient (Wildman–Crippen LogP) is 3.57. The average Bonchev–Trinajstić information content (AvgIpc) is 2.35. The van der Waals surface area contributed by atoms with Crippen molar-refractivity contribution in [1.29, 1.82) is 0 Å². The second kappa shape index (κ2) is 4.86. The van der Waals surface area contributed by atoms with E-state index < -0.39 is 5.82 Å². The summed E-state index contributed by atoms with van der Waals surface area (Å²) in [7, 11) is 1.57. The summed E-state index contributed by atoms with van der Waals surface area (Å²) >= 11 is 4.92. The molecule has 0 amide bonds. The summed E-state index contributed by atoms with van der Waals surface area (Å²) in [6.07, 6.45) is 1.11. The first kappa shape index (κ1) is 12.7. The summed E-state index contributed by atoms with van der Waals surface area (Å²) in [4.78, 5) is 6.47. The highest BCUT2D eigenvalue weighted by Crippen LogP contribution is 2.34. The van der Waals surface area contributed by atoms with E-state index in [2.05, 4.69) is 9.97 Å². The monoisotopic (exact) mass is 264 g/mol. The standard InChI is InChI=1S/C13H13FN2OS/c1-7-4-5-9(12(17-3)8(7)2)11-10(14)6-15-13(18)16-11/h4-6H,1-3H3,(H,15,16,18). The van der Waals surface area contributed by atoms with Crippen LogP contribution in [-0.4, -0.2) is 17.1 Å². The number of hydrogen-bond donors (Lipinski definition) is 1. The van der Waals surface area contributed by atoms with E-state index in [1.807, 2.05) is 26.0 Å². The van der Waals surface area contributed by atoms with Crippen LogP contribution in [-0.2, 0) is 0 Å². The Bertz CT molecular complexity index is 652. The zero-order valence-electron chi connectivity index (χ0n) is 10.4. The third-order valence-corrected chi connectivity index (χ3v) is 3.12. The summed E-state index contributed by atoms with van der Waals surface area (Å²) in [5.41, 5.74) is 3.01.